The number of hydrogen-bond donors (Lipinski definition) is 0. The number of aryl methyl sites for hydroxylation is 1. The number of nitrogens with zero attached hydrogens (tertiary/aromatic N) is 5. The molecule has 2 aromatic heterocycles. The van der Waals surface area contributed by atoms with E-state index in [2.05, 4.69) is 34.3 Å². The second-order valence-corrected chi connectivity index (χ2v) is 7.08. The van der Waals surface area contributed by atoms with Gasteiger partial charge >= 0.3 is 5.69 Å². The molecule has 0 saturated carbocycles. The van der Waals surface area contributed by atoms with Crippen LogP contribution in [0.15, 0.2) is 41.2 Å². The molecule has 0 N–H and O–H groups in total. The van der Waals surface area contributed by atoms with Gasteiger partial charge in [0.15, 0.2) is 0 Å². The van der Waals surface area contributed by atoms with Crippen molar-refractivity contribution in [1.82, 2.24) is 24.2 Å². The molecule has 0 bridgehead atoms. The van der Waals surface area contributed by atoms with Crippen LogP contribution >= 0.6 is 0 Å². The van der Waals surface area contributed by atoms with Crippen molar-refractivity contribution in [2.75, 3.05) is 13.1 Å². The second-order valence-electron chi connectivity index (χ2n) is 7.08. The molecule has 3 heterocycles. The van der Waals surface area contributed by atoms with Crippen molar-refractivity contribution in [3.05, 3.63) is 58.4 Å². The molecule has 136 valence electrons. The molecule has 3 aromatic rings. The van der Waals surface area contributed by atoms with Crippen LogP contribution in [0.1, 0.15) is 37.2 Å². The minimum atomic E-state index is -0.0178. The highest BCUT2D eigenvalue weighted by Gasteiger charge is 2.26. The van der Waals surface area contributed by atoms with Crippen molar-refractivity contribution < 1.29 is 0 Å². The maximum Gasteiger partial charge on any atom is 0.345 e. The molecule has 1 aliphatic heterocycles. The van der Waals surface area contributed by atoms with E-state index in [1.54, 1.807) is 7.05 Å². The molecule has 0 aliphatic carbocycles. The largest absolute Gasteiger partial charge is 0.345 e. The molecular weight excluding hydrogens is 326 g/mol. The third kappa shape index (κ3) is 3.17. The first-order valence-electron chi connectivity index (χ1n) is 9.36. The van der Waals surface area contributed by atoms with Gasteiger partial charge in [0.25, 0.3) is 0 Å². The molecule has 6 heteroatoms. The molecular formula is C20H25N5O. The zero-order valence-electron chi connectivity index (χ0n) is 15.4. The molecule has 6 nitrogen and oxygen atoms in total. The summed E-state index contributed by atoms with van der Waals surface area (Å²) in [7, 11) is 1.73. The molecule has 0 unspecified atom stereocenters. The molecule has 0 amide bonds. The number of benzene rings is 1. The smallest absolute Gasteiger partial charge is 0.297 e. The average Bonchev–Trinajstić information content (AvgIpc) is 2.96. The van der Waals surface area contributed by atoms with Crippen LogP contribution in [-0.2, 0) is 20.1 Å². The number of rotatable bonds is 4. The zero-order valence-corrected chi connectivity index (χ0v) is 15.4. The fourth-order valence-electron chi connectivity index (χ4n) is 3.96. The van der Waals surface area contributed by atoms with E-state index >= 15 is 0 Å². The van der Waals surface area contributed by atoms with Crippen LogP contribution in [0.5, 0.6) is 0 Å². The summed E-state index contributed by atoms with van der Waals surface area (Å²) in [5, 5.41) is 5.69. The molecule has 1 saturated heterocycles. The van der Waals surface area contributed by atoms with E-state index in [1.165, 1.54) is 10.1 Å². The fourth-order valence-corrected chi connectivity index (χ4v) is 3.96. The van der Waals surface area contributed by atoms with Crippen LogP contribution < -0.4 is 5.69 Å². The predicted octanol–water partition coefficient (Wildman–Crippen LogP) is 2.53. The van der Waals surface area contributed by atoms with Crippen LogP contribution in [-0.4, -0.2) is 37.3 Å². The maximum absolute atomic E-state index is 12.2. The predicted molar refractivity (Wildman–Crippen MR) is 102 cm³/mol. The van der Waals surface area contributed by atoms with Gasteiger partial charge in [0.2, 0.25) is 0 Å². The van der Waals surface area contributed by atoms with Crippen LogP contribution in [0.25, 0.3) is 10.9 Å². The van der Waals surface area contributed by atoms with Gasteiger partial charge in [-0.15, -0.1) is 0 Å². The lowest BCUT2D eigenvalue weighted by Crippen LogP contribution is -2.35. The molecule has 1 aliphatic rings. The Bertz CT molecular complexity index is 974. The highest BCUT2D eigenvalue weighted by molar-refractivity contribution is 5.78. The first kappa shape index (κ1) is 17.0. The summed E-state index contributed by atoms with van der Waals surface area (Å²) in [6, 6.07) is 12.5. The van der Waals surface area contributed by atoms with E-state index in [0.29, 0.717) is 12.5 Å². The first-order valence-corrected chi connectivity index (χ1v) is 9.36. The average molecular weight is 351 g/mol. The quantitative estimate of drug-likeness (QED) is 0.725. The summed E-state index contributed by atoms with van der Waals surface area (Å²) >= 11 is 0. The highest BCUT2D eigenvalue weighted by Crippen LogP contribution is 2.26. The van der Waals surface area contributed by atoms with Gasteiger partial charge < -0.3 is 0 Å². The summed E-state index contributed by atoms with van der Waals surface area (Å²) < 4.78 is 3.27. The van der Waals surface area contributed by atoms with Gasteiger partial charge in [0.05, 0.1) is 11.2 Å². The van der Waals surface area contributed by atoms with Gasteiger partial charge in [-0.2, -0.15) is 5.10 Å². The van der Waals surface area contributed by atoms with Gasteiger partial charge in [-0.1, -0.05) is 24.3 Å². The molecule has 4 rings (SSSR count). The SMILES string of the molecule is CCn1c([C@@H]2CCCN(Cc3ccc4ccccc4n3)C2)nn(C)c1=O. The fraction of sp³-hybridized carbons (Fsp3) is 0.450. The van der Waals surface area contributed by atoms with Crippen molar-refractivity contribution in [1.29, 1.82) is 0 Å². The third-order valence-corrected chi connectivity index (χ3v) is 5.27. The maximum atomic E-state index is 12.2. The van der Waals surface area contributed by atoms with Gasteiger partial charge in [0, 0.05) is 38.0 Å². The Morgan fingerprint density at radius 3 is 2.88 bits per heavy atom. The van der Waals surface area contributed by atoms with E-state index < -0.39 is 0 Å². The lowest BCUT2D eigenvalue weighted by Gasteiger charge is -2.32. The van der Waals surface area contributed by atoms with Crippen molar-refractivity contribution >= 4 is 10.9 Å². The van der Waals surface area contributed by atoms with Crippen LogP contribution in [0.3, 0.4) is 0 Å². The zero-order chi connectivity index (χ0) is 18.1. The number of fused-ring (bicyclic) bond motifs is 1. The summed E-state index contributed by atoms with van der Waals surface area (Å²) in [5.41, 5.74) is 2.12. The summed E-state index contributed by atoms with van der Waals surface area (Å²) in [5.74, 6) is 1.23. The number of para-hydroxylation sites is 1. The summed E-state index contributed by atoms with van der Waals surface area (Å²) in [4.78, 5) is 19.4. The van der Waals surface area contributed by atoms with Crippen molar-refractivity contribution in [3.63, 3.8) is 0 Å². The molecule has 26 heavy (non-hydrogen) atoms. The normalized spacial score (nSPS) is 18.5. The number of piperidine rings is 1. The third-order valence-electron chi connectivity index (χ3n) is 5.27. The molecule has 0 radical (unpaired) electrons. The van der Waals surface area contributed by atoms with E-state index in [0.717, 1.165) is 49.5 Å². The molecule has 1 aromatic carbocycles. The monoisotopic (exact) mass is 351 g/mol. The van der Waals surface area contributed by atoms with Crippen molar-refractivity contribution in [3.8, 4) is 0 Å². The summed E-state index contributed by atoms with van der Waals surface area (Å²) in [6.07, 6.45) is 2.20. The minimum Gasteiger partial charge on any atom is -0.297 e. The van der Waals surface area contributed by atoms with Crippen molar-refractivity contribution in [2.45, 2.75) is 38.8 Å². The Labute approximate surface area is 153 Å². The Morgan fingerprint density at radius 1 is 1.19 bits per heavy atom. The van der Waals surface area contributed by atoms with E-state index in [4.69, 9.17) is 4.98 Å². The van der Waals surface area contributed by atoms with Crippen LogP contribution in [0.4, 0.5) is 0 Å². The number of aromatic nitrogens is 4. The van der Waals surface area contributed by atoms with Gasteiger partial charge in [-0.05, 0) is 38.4 Å². The van der Waals surface area contributed by atoms with Crippen LogP contribution in [0, 0.1) is 0 Å². The number of likely N-dealkylation sites (tertiary alicyclic amines) is 1. The standard InChI is InChI=1S/C20H25N5O/c1-3-25-19(22-23(2)20(25)26)16-8-6-12-24(13-16)14-17-11-10-15-7-4-5-9-18(15)21-17/h4-5,7,9-11,16H,3,6,8,12-14H2,1-2H3/t16-/m1/s1. The summed E-state index contributed by atoms with van der Waals surface area (Å²) in [6.45, 7) is 5.50. The Balaban J connectivity index is 1.53. The minimum absolute atomic E-state index is 0.0178. The van der Waals surface area contributed by atoms with Crippen LogP contribution in [0.2, 0.25) is 0 Å². The van der Waals surface area contributed by atoms with Gasteiger partial charge in [0.1, 0.15) is 5.82 Å². The highest BCUT2D eigenvalue weighted by atomic mass is 16.2. The molecule has 0 spiro atoms. The number of hydrogen-bond acceptors (Lipinski definition) is 4. The van der Waals surface area contributed by atoms with E-state index in [9.17, 15) is 4.79 Å². The first-order chi connectivity index (χ1) is 12.7. The molecule has 1 atom stereocenters. The van der Waals surface area contributed by atoms with E-state index in [1.807, 2.05) is 23.6 Å². The Hall–Kier alpha value is -2.47. The van der Waals surface area contributed by atoms with Gasteiger partial charge in [-0.3, -0.25) is 14.5 Å². The lowest BCUT2D eigenvalue weighted by atomic mass is 9.97. The lowest BCUT2D eigenvalue weighted by molar-refractivity contribution is 0.192. The molecule has 1 fully saturated rings. The Morgan fingerprint density at radius 2 is 2.04 bits per heavy atom. The van der Waals surface area contributed by atoms with Crippen molar-refractivity contribution in [2.24, 2.45) is 7.05 Å². The number of pyridine rings is 1. The van der Waals surface area contributed by atoms with Gasteiger partial charge in [-0.25, -0.2) is 9.48 Å². The Kier molecular flexibility index (Phi) is 4.59. The topological polar surface area (TPSA) is 56.0 Å². The van der Waals surface area contributed by atoms with E-state index in [-0.39, 0.29) is 5.69 Å². The second kappa shape index (κ2) is 7.03.